The molecule has 5 heteroatoms. The standard InChI is InChI=1S/C15H13NO4/c1-10(17)20-9-14-8-12(5-6-16-14)11-3-2-4-13(7-11)15(18)19/h2-8H,9H2,1H3,(H,18,19). The second-order valence-electron chi connectivity index (χ2n) is 4.20. The molecule has 0 amide bonds. The second kappa shape index (κ2) is 5.97. The summed E-state index contributed by atoms with van der Waals surface area (Å²) in [5.74, 6) is -1.34. The monoisotopic (exact) mass is 271 g/mol. The number of hydrogen-bond acceptors (Lipinski definition) is 4. The summed E-state index contributed by atoms with van der Waals surface area (Å²) in [6, 6.07) is 10.2. The molecule has 2 rings (SSSR count). The molecule has 0 bridgehead atoms. The Labute approximate surface area is 115 Å². The summed E-state index contributed by atoms with van der Waals surface area (Å²) >= 11 is 0. The molecule has 20 heavy (non-hydrogen) atoms. The first-order valence-corrected chi connectivity index (χ1v) is 5.98. The van der Waals surface area contributed by atoms with E-state index in [0.29, 0.717) is 5.69 Å². The number of ether oxygens (including phenoxy) is 1. The smallest absolute Gasteiger partial charge is 0.335 e. The zero-order chi connectivity index (χ0) is 14.5. The van der Waals surface area contributed by atoms with E-state index in [1.54, 1.807) is 30.5 Å². The fourth-order valence-corrected chi connectivity index (χ4v) is 1.74. The third-order valence-corrected chi connectivity index (χ3v) is 2.68. The van der Waals surface area contributed by atoms with Crippen molar-refractivity contribution in [3.8, 4) is 11.1 Å². The van der Waals surface area contributed by atoms with Crippen molar-refractivity contribution >= 4 is 11.9 Å². The number of nitrogens with zero attached hydrogens (tertiary/aromatic N) is 1. The molecule has 0 aliphatic heterocycles. The van der Waals surface area contributed by atoms with Gasteiger partial charge in [0.2, 0.25) is 0 Å². The van der Waals surface area contributed by atoms with Crippen molar-refractivity contribution in [1.29, 1.82) is 0 Å². The first kappa shape index (κ1) is 13.7. The lowest BCUT2D eigenvalue weighted by Crippen LogP contribution is -2.01. The first-order chi connectivity index (χ1) is 9.56. The van der Waals surface area contributed by atoms with Gasteiger partial charge in [0.05, 0.1) is 11.3 Å². The van der Waals surface area contributed by atoms with Crippen LogP contribution in [0, 0.1) is 0 Å². The Kier molecular flexibility index (Phi) is 4.10. The predicted octanol–water partition coefficient (Wildman–Crippen LogP) is 2.51. The summed E-state index contributed by atoms with van der Waals surface area (Å²) in [4.78, 5) is 25.8. The highest BCUT2D eigenvalue weighted by Crippen LogP contribution is 2.21. The van der Waals surface area contributed by atoms with Gasteiger partial charge < -0.3 is 9.84 Å². The molecule has 2 aromatic rings. The minimum absolute atomic E-state index is 0.0990. The molecule has 1 aromatic carbocycles. The molecule has 5 nitrogen and oxygen atoms in total. The number of aromatic nitrogens is 1. The number of carbonyl (C=O) groups excluding carboxylic acids is 1. The molecule has 0 spiro atoms. The summed E-state index contributed by atoms with van der Waals surface area (Å²) in [5.41, 5.74) is 2.43. The summed E-state index contributed by atoms with van der Waals surface area (Å²) in [5, 5.41) is 8.99. The van der Waals surface area contributed by atoms with Crippen LogP contribution >= 0.6 is 0 Å². The van der Waals surface area contributed by atoms with Crippen LogP contribution < -0.4 is 0 Å². The van der Waals surface area contributed by atoms with E-state index in [2.05, 4.69) is 4.98 Å². The van der Waals surface area contributed by atoms with Crippen molar-refractivity contribution in [3.05, 3.63) is 53.9 Å². The van der Waals surface area contributed by atoms with Crippen molar-refractivity contribution in [2.24, 2.45) is 0 Å². The van der Waals surface area contributed by atoms with E-state index in [1.165, 1.54) is 13.0 Å². The van der Waals surface area contributed by atoms with Gasteiger partial charge in [-0.3, -0.25) is 9.78 Å². The molecule has 0 radical (unpaired) electrons. The van der Waals surface area contributed by atoms with Gasteiger partial charge in [0.25, 0.3) is 0 Å². The molecular weight excluding hydrogens is 258 g/mol. The van der Waals surface area contributed by atoms with Gasteiger partial charge in [-0.1, -0.05) is 12.1 Å². The van der Waals surface area contributed by atoms with Gasteiger partial charge in [0, 0.05) is 13.1 Å². The molecule has 0 fully saturated rings. The second-order valence-corrected chi connectivity index (χ2v) is 4.20. The largest absolute Gasteiger partial charge is 0.478 e. The Morgan fingerprint density at radius 1 is 1.20 bits per heavy atom. The molecule has 0 saturated heterocycles. The third-order valence-electron chi connectivity index (χ3n) is 2.68. The van der Waals surface area contributed by atoms with E-state index in [9.17, 15) is 9.59 Å². The highest BCUT2D eigenvalue weighted by Gasteiger charge is 2.06. The predicted molar refractivity (Wildman–Crippen MR) is 72.1 cm³/mol. The number of hydrogen-bond donors (Lipinski definition) is 1. The number of carboxylic acids is 1. The van der Waals surface area contributed by atoms with Crippen LogP contribution in [-0.4, -0.2) is 22.0 Å². The van der Waals surface area contributed by atoms with Gasteiger partial charge in [-0.2, -0.15) is 0 Å². The topological polar surface area (TPSA) is 76.5 Å². The van der Waals surface area contributed by atoms with Crippen LogP contribution in [0.25, 0.3) is 11.1 Å². The molecule has 0 aliphatic carbocycles. The molecular formula is C15H13NO4. The van der Waals surface area contributed by atoms with Crippen LogP contribution in [0.4, 0.5) is 0 Å². The molecule has 0 unspecified atom stereocenters. The minimum Gasteiger partial charge on any atom is -0.478 e. The minimum atomic E-state index is -0.971. The number of carbonyl (C=O) groups is 2. The zero-order valence-corrected chi connectivity index (χ0v) is 10.9. The third kappa shape index (κ3) is 3.41. The summed E-state index contributed by atoms with van der Waals surface area (Å²) in [6.45, 7) is 1.43. The molecule has 0 atom stereocenters. The maximum atomic E-state index is 11.0. The van der Waals surface area contributed by atoms with E-state index < -0.39 is 5.97 Å². The summed E-state index contributed by atoms with van der Waals surface area (Å²) in [7, 11) is 0. The highest BCUT2D eigenvalue weighted by atomic mass is 16.5. The number of aromatic carboxylic acids is 1. The average Bonchev–Trinajstić information content (AvgIpc) is 2.45. The van der Waals surface area contributed by atoms with E-state index in [-0.39, 0.29) is 18.1 Å². The average molecular weight is 271 g/mol. The van der Waals surface area contributed by atoms with Gasteiger partial charge in [0.15, 0.2) is 0 Å². The van der Waals surface area contributed by atoms with Crippen LogP contribution in [-0.2, 0) is 16.1 Å². The molecule has 0 aliphatic rings. The van der Waals surface area contributed by atoms with Crippen LogP contribution in [0.2, 0.25) is 0 Å². The van der Waals surface area contributed by atoms with Crippen LogP contribution in [0.1, 0.15) is 23.0 Å². The van der Waals surface area contributed by atoms with Gasteiger partial charge in [-0.05, 0) is 35.4 Å². The van der Waals surface area contributed by atoms with Crippen molar-refractivity contribution in [1.82, 2.24) is 4.98 Å². The van der Waals surface area contributed by atoms with Gasteiger partial charge in [-0.25, -0.2) is 4.79 Å². The van der Waals surface area contributed by atoms with Gasteiger partial charge >= 0.3 is 11.9 Å². The zero-order valence-electron chi connectivity index (χ0n) is 10.9. The lowest BCUT2D eigenvalue weighted by Gasteiger charge is -2.06. The number of esters is 1. The lowest BCUT2D eigenvalue weighted by molar-refractivity contribution is -0.142. The van der Waals surface area contributed by atoms with Gasteiger partial charge in [0.1, 0.15) is 6.61 Å². The SMILES string of the molecule is CC(=O)OCc1cc(-c2cccc(C(=O)O)c2)ccn1. The lowest BCUT2D eigenvalue weighted by atomic mass is 10.0. The summed E-state index contributed by atoms with van der Waals surface area (Å²) < 4.78 is 4.89. The van der Waals surface area contributed by atoms with Crippen molar-refractivity contribution < 1.29 is 19.4 Å². The van der Waals surface area contributed by atoms with Crippen molar-refractivity contribution in [2.75, 3.05) is 0 Å². The van der Waals surface area contributed by atoms with Crippen LogP contribution in [0.5, 0.6) is 0 Å². The Morgan fingerprint density at radius 2 is 1.95 bits per heavy atom. The number of rotatable bonds is 4. The summed E-state index contributed by atoms with van der Waals surface area (Å²) in [6.07, 6.45) is 1.60. The van der Waals surface area contributed by atoms with Crippen LogP contribution in [0.15, 0.2) is 42.6 Å². The fourth-order valence-electron chi connectivity index (χ4n) is 1.74. The number of pyridine rings is 1. The molecule has 1 heterocycles. The first-order valence-electron chi connectivity index (χ1n) is 5.98. The van der Waals surface area contributed by atoms with Gasteiger partial charge in [-0.15, -0.1) is 0 Å². The Hall–Kier alpha value is -2.69. The number of benzene rings is 1. The molecule has 1 aromatic heterocycles. The van der Waals surface area contributed by atoms with E-state index >= 15 is 0 Å². The Balaban J connectivity index is 2.28. The highest BCUT2D eigenvalue weighted by molar-refractivity contribution is 5.89. The molecule has 0 saturated carbocycles. The maximum absolute atomic E-state index is 11.0. The van der Waals surface area contributed by atoms with E-state index in [1.807, 2.05) is 6.07 Å². The van der Waals surface area contributed by atoms with Crippen molar-refractivity contribution in [3.63, 3.8) is 0 Å². The Morgan fingerprint density at radius 3 is 2.65 bits per heavy atom. The number of carboxylic acid groups (broad SMARTS) is 1. The fraction of sp³-hybridized carbons (Fsp3) is 0.133. The quantitative estimate of drug-likeness (QED) is 0.864. The Bertz CT molecular complexity index is 652. The van der Waals surface area contributed by atoms with Crippen LogP contribution in [0.3, 0.4) is 0 Å². The maximum Gasteiger partial charge on any atom is 0.335 e. The molecule has 102 valence electrons. The normalized spacial score (nSPS) is 10.1. The van der Waals surface area contributed by atoms with E-state index in [0.717, 1.165) is 11.1 Å². The molecule has 1 N–H and O–H groups in total. The van der Waals surface area contributed by atoms with E-state index in [4.69, 9.17) is 9.84 Å². The van der Waals surface area contributed by atoms with Crippen molar-refractivity contribution in [2.45, 2.75) is 13.5 Å².